The summed E-state index contributed by atoms with van der Waals surface area (Å²) in [4.78, 5) is 24.4. The van der Waals surface area contributed by atoms with Gasteiger partial charge in [0.1, 0.15) is 24.6 Å². The molecule has 0 saturated carbocycles. The van der Waals surface area contributed by atoms with Crippen LogP contribution in [0.25, 0.3) is 0 Å². The number of hydrogen-bond donors (Lipinski definition) is 2. The van der Waals surface area contributed by atoms with Crippen LogP contribution >= 0.6 is 0 Å². The fourth-order valence-corrected chi connectivity index (χ4v) is 4.95. The van der Waals surface area contributed by atoms with Gasteiger partial charge in [-0.05, 0) is 36.1 Å². The summed E-state index contributed by atoms with van der Waals surface area (Å²) in [5, 5.41) is 9.42. The number of rotatable bonds is 4. The number of hydrogen-bond acceptors (Lipinski definition) is 5. The minimum absolute atomic E-state index is 0.0282. The van der Waals surface area contributed by atoms with Crippen LogP contribution in [0.3, 0.4) is 0 Å². The van der Waals surface area contributed by atoms with Gasteiger partial charge in [0.05, 0.1) is 0 Å². The van der Waals surface area contributed by atoms with Gasteiger partial charge in [0, 0.05) is 12.6 Å². The summed E-state index contributed by atoms with van der Waals surface area (Å²) in [6.07, 6.45) is -1.07. The van der Waals surface area contributed by atoms with Crippen LogP contribution < -0.4 is 13.8 Å². The van der Waals surface area contributed by atoms with Crippen molar-refractivity contribution in [3.05, 3.63) is 58.9 Å². The Hall–Kier alpha value is -3.34. The van der Waals surface area contributed by atoms with Gasteiger partial charge in [0.25, 0.3) is 5.91 Å². The maximum Gasteiger partial charge on any atom is 0.407 e. The minimum Gasteiger partial charge on any atom is -0.487 e. The molecule has 1 fully saturated rings. The molecule has 2 aliphatic rings. The fourth-order valence-electron chi connectivity index (χ4n) is 3.79. The highest BCUT2D eigenvalue weighted by atomic mass is 32.2. The Balaban J connectivity index is 1.81. The molecule has 0 unspecified atom stereocenters. The molecule has 2 amide bonds. The van der Waals surface area contributed by atoms with Gasteiger partial charge < -0.3 is 14.7 Å². The summed E-state index contributed by atoms with van der Waals surface area (Å²) in [6, 6.07) is 9.96. The van der Waals surface area contributed by atoms with E-state index in [1.165, 1.54) is 11.0 Å². The van der Waals surface area contributed by atoms with E-state index in [1.807, 2.05) is 10.8 Å². The number of fused-ring (bicyclic) bond motifs is 1. The largest absolute Gasteiger partial charge is 0.487 e. The van der Waals surface area contributed by atoms with Crippen molar-refractivity contribution in [3.8, 4) is 5.75 Å². The van der Waals surface area contributed by atoms with Gasteiger partial charge in [-0.3, -0.25) is 4.79 Å². The summed E-state index contributed by atoms with van der Waals surface area (Å²) >= 11 is 0. The Labute approximate surface area is 178 Å². The Bertz CT molecular complexity index is 1160. The minimum atomic E-state index is -4.27. The topological polar surface area (TPSA) is 116 Å². The predicted molar refractivity (Wildman–Crippen MR) is 108 cm³/mol. The molecule has 1 saturated heterocycles. The van der Waals surface area contributed by atoms with Gasteiger partial charge in [-0.15, -0.1) is 0 Å². The maximum atomic E-state index is 15.7. The molecule has 4 rings (SSSR count). The molecule has 2 N–H and O–H groups in total. The highest BCUT2D eigenvalue weighted by molar-refractivity contribution is 7.92. The standard InChI is InChI=1S/C20H20FN3O6S/c1-12-7-15-14(9-23(12)20(26)27)8-16(30-11-13-5-3-2-4-6-13)19(18(15)21)24-10-17(25)22-31(24,28)29/h2-6,8,12H,7,9-11H2,1H3,(H,22,25)(H,26,27)/t12-/m0/s1. The van der Waals surface area contributed by atoms with Crippen molar-refractivity contribution in [2.45, 2.75) is 32.5 Å². The van der Waals surface area contributed by atoms with Crippen LogP contribution in [-0.2, 0) is 34.6 Å². The number of amides is 2. The first-order valence-corrected chi connectivity index (χ1v) is 10.9. The summed E-state index contributed by atoms with van der Waals surface area (Å²) in [7, 11) is -4.27. The van der Waals surface area contributed by atoms with Gasteiger partial charge in [-0.1, -0.05) is 30.3 Å². The average Bonchev–Trinajstić information content (AvgIpc) is 2.98. The van der Waals surface area contributed by atoms with Crippen LogP contribution in [0, 0.1) is 5.82 Å². The van der Waals surface area contributed by atoms with E-state index in [4.69, 9.17) is 4.74 Å². The molecule has 31 heavy (non-hydrogen) atoms. The lowest BCUT2D eigenvalue weighted by atomic mass is 9.93. The number of nitrogens with one attached hydrogen (secondary N) is 1. The molecule has 2 aromatic rings. The van der Waals surface area contributed by atoms with Crippen LogP contribution in [0.1, 0.15) is 23.6 Å². The lowest BCUT2D eigenvalue weighted by Crippen LogP contribution is -2.42. The van der Waals surface area contributed by atoms with Crippen LogP contribution in [-0.4, -0.2) is 43.0 Å². The van der Waals surface area contributed by atoms with Crippen LogP contribution in [0.5, 0.6) is 5.75 Å². The monoisotopic (exact) mass is 449 g/mol. The van der Waals surface area contributed by atoms with E-state index in [0.29, 0.717) is 9.87 Å². The van der Waals surface area contributed by atoms with E-state index in [2.05, 4.69) is 0 Å². The first-order chi connectivity index (χ1) is 14.7. The van der Waals surface area contributed by atoms with Crippen molar-refractivity contribution in [1.29, 1.82) is 0 Å². The number of halogens is 1. The molecule has 0 radical (unpaired) electrons. The van der Waals surface area contributed by atoms with E-state index in [-0.39, 0.29) is 36.6 Å². The molecule has 2 aromatic carbocycles. The second-order valence-electron chi connectivity index (χ2n) is 7.45. The summed E-state index contributed by atoms with van der Waals surface area (Å²) in [6.45, 7) is 1.04. The maximum absolute atomic E-state index is 15.7. The molecule has 9 nitrogen and oxygen atoms in total. The lowest BCUT2D eigenvalue weighted by molar-refractivity contribution is -0.117. The Kier molecular flexibility index (Phi) is 5.21. The van der Waals surface area contributed by atoms with Crippen molar-refractivity contribution >= 4 is 27.9 Å². The lowest BCUT2D eigenvalue weighted by Gasteiger charge is -2.34. The summed E-state index contributed by atoms with van der Waals surface area (Å²) in [5.74, 6) is -1.70. The molecule has 2 aliphatic heterocycles. The van der Waals surface area contributed by atoms with Gasteiger partial charge in [0.15, 0.2) is 5.82 Å². The third-order valence-electron chi connectivity index (χ3n) is 5.32. The van der Waals surface area contributed by atoms with Crippen molar-refractivity contribution in [2.24, 2.45) is 0 Å². The van der Waals surface area contributed by atoms with E-state index in [9.17, 15) is 23.1 Å². The first-order valence-electron chi connectivity index (χ1n) is 9.51. The Morgan fingerprint density at radius 3 is 2.61 bits per heavy atom. The Morgan fingerprint density at radius 2 is 2.00 bits per heavy atom. The smallest absolute Gasteiger partial charge is 0.407 e. The number of carbonyl (C=O) groups is 2. The van der Waals surface area contributed by atoms with Crippen molar-refractivity contribution < 1.29 is 32.2 Å². The highest BCUT2D eigenvalue weighted by Gasteiger charge is 2.40. The molecule has 164 valence electrons. The van der Waals surface area contributed by atoms with Crippen molar-refractivity contribution in [2.75, 3.05) is 10.8 Å². The highest BCUT2D eigenvalue weighted by Crippen LogP contribution is 2.41. The van der Waals surface area contributed by atoms with Crippen molar-refractivity contribution in [3.63, 3.8) is 0 Å². The zero-order valence-corrected chi connectivity index (χ0v) is 17.4. The zero-order valence-electron chi connectivity index (χ0n) is 16.5. The van der Waals surface area contributed by atoms with Gasteiger partial charge >= 0.3 is 16.3 Å². The third kappa shape index (κ3) is 3.88. The quantitative estimate of drug-likeness (QED) is 0.738. The molecule has 0 spiro atoms. The van der Waals surface area contributed by atoms with Gasteiger partial charge in [-0.2, -0.15) is 8.42 Å². The average molecular weight is 449 g/mol. The van der Waals surface area contributed by atoms with E-state index >= 15 is 4.39 Å². The number of carbonyl (C=O) groups excluding carboxylic acids is 1. The number of anilines is 1. The van der Waals surface area contributed by atoms with Gasteiger partial charge in [-0.25, -0.2) is 18.2 Å². The molecule has 1 atom stereocenters. The summed E-state index contributed by atoms with van der Waals surface area (Å²) in [5.41, 5.74) is 1.01. The molecule has 0 aromatic heterocycles. The van der Waals surface area contributed by atoms with Crippen LogP contribution in [0.15, 0.2) is 36.4 Å². The van der Waals surface area contributed by atoms with Crippen LogP contribution in [0.2, 0.25) is 0 Å². The number of benzene rings is 2. The second kappa shape index (κ2) is 7.73. The van der Waals surface area contributed by atoms with Crippen LogP contribution in [0.4, 0.5) is 14.9 Å². The molecule has 0 bridgehead atoms. The Morgan fingerprint density at radius 1 is 1.29 bits per heavy atom. The summed E-state index contributed by atoms with van der Waals surface area (Å²) < 4.78 is 48.8. The molecular weight excluding hydrogens is 429 g/mol. The number of ether oxygens (including phenoxy) is 1. The van der Waals surface area contributed by atoms with Gasteiger partial charge in [0.2, 0.25) is 0 Å². The molecular formula is C20H20FN3O6S. The van der Waals surface area contributed by atoms with E-state index < -0.39 is 40.6 Å². The fraction of sp³-hybridized carbons (Fsp3) is 0.300. The SMILES string of the molecule is C[C@H]1Cc2c(cc(OCc3ccccc3)c(N3CC(=O)NS3(=O)=O)c2F)CN1C(=O)O. The molecule has 0 aliphatic carbocycles. The zero-order chi connectivity index (χ0) is 22.3. The number of nitrogens with zero attached hydrogens (tertiary/aromatic N) is 2. The van der Waals surface area contributed by atoms with Crippen molar-refractivity contribution in [1.82, 2.24) is 9.62 Å². The van der Waals surface area contributed by atoms with E-state index in [0.717, 1.165) is 5.56 Å². The van der Waals surface area contributed by atoms with E-state index in [1.54, 1.807) is 31.2 Å². The normalized spacial score (nSPS) is 19.7. The second-order valence-corrected chi connectivity index (χ2v) is 9.04. The molecule has 2 heterocycles. The number of carboxylic acid groups (broad SMARTS) is 1. The molecule has 11 heteroatoms. The third-order valence-corrected chi connectivity index (χ3v) is 6.70. The first kappa shape index (κ1) is 20.9. The predicted octanol–water partition coefficient (Wildman–Crippen LogP) is 2.01.